The van der Waals surface area contributed by atoms with Gasteiger partial charge in [-0.25, -0.2) is 0 Å². The second kappa shape index (κ2) is 6.26. The summed E-state index contributed by atoms with van der Waals surface area (Å²) < 4.78 is 4.68. The Labute approximate surface area is 50.4 Å². The molecule has 0 fully saturated rings. The molecular weight excluding hydrogens is 100 g/mol. The van der Waals surface area contributed by atoms with Crippen LogP contribution in [0.4, 0.5) is 0 Å². The van der Waals surface area contributed by atoms with Gasteiger partial charge in [-0.05, 0) is 0 Å². The fourth-order valence-corrected chi connectivity index (χ4v) is 0.268. The summed E-state index contributed by atoms with van der Waals surface area (Å²) in [4.78, 5) is 0. The quantitative estimate of drug-likeness (QED) is 0.383. The molecule has 1 nitrogen and oxygen atoms in total. The van der Waals surface area contributed by atoms with Crippen molar-refractivity contribution < 1.29 is 4.74 Å². The van der Waals surface area contributed by atoms with E-state index in [-0.39, 0.29) is 0 Å². The summed E-state index contributed by atoms with van der Waals surface area (Å²) in [6.07, 6.45) is 2.52. The highest BCUT2D eigenvalue weighted by atomic mass is 16.5. The van der Waals surface area contributed by atoms with E-state index >= 15 is 0 Å². The summed E-state index contributed by atoms with van der Waals surface area (Å²) >= 11 is 0. The summed E-state index contributed by atoms with van der Waals surface area (Å²) in [5.41, 5.74) is 0. The van der Waals surface area contributed by atoms with Gasteiger partial charge in [0.1, 0.15) is 6.61 Å². The second-order valence-electron chi connectivity index (χ2n) is 1.28. The Morgan fingerprint density at radius 2 is 2.38 bits per heavy atom. The molecule has 0 saturated carbocycles. The van der Waals surface area contributed by atoms with Crippen LogP contribution in [0.25, 0.3) is 0 Å². The lowest BCUT2D eigenvalue weighted by atomic mass is 10.4. The maximum Gasteiger partial charge on any atom is 0.107 e. The first-order valence-electron chi connectivity index (χ1n) is 2.47. The van der Waals surface area contributed by atoms with Crippen molar-refractivity contribution in [2.75, 3.05) is 13.7 Å². The summed E-state index contributed by atoms with van der Waals surface area (Å²) in [6.45, 7) is 4.04. The second-order valence-corrected chi connectivity index (χ2v) is 1.28. The van der Waals surface area contributed by atoms with E-state index in [1.807, 2.05) is 0 Å². The molecule has 0 saturated heterocycles. The minimum Gasteiger partial charge on any atom is -0.372 e. The van der Waals surface area contributed by atoms with Crippen LogP contribution in [0.5, 0.6) is 0 Å². The fourth-order valence-electron chi connectivity index (χ4n) is 0.268. The molecule has 0 unspecified atom stereocenters. The van der Waals surface area contributed by atoms with E-state index in [4.69, 9.17) is 0 Å². The normalized spacial score (nSPS) is 7.12. The third kappa shape index (κ3) is 5.26. The summed E-state index contributed by atoms with van der Waals surface area (Å²) in [7, 11) is 1.63. The van der Waals surface area contributed by atoms with Gasteiger partial charge < -0.3 is 4.74 Å². The average Bonchev–Trinajstić information content (AvgIpc) is 1.81. The molecule has 0 aromatic carbocycles. The maximum atomic E-state index is 4.68. The zero-order valence-electron chi connectivity index (χ0n) is 5.11. The predicted octanol–water partition coefficient (Wildman–Crippen LogP) is 1.21. The van der Waals surface area contributed by atoms with Crippen LogP contribution in [0, 0.1) is 11.8 Å². The van der Waals surface area contributed by atoms with Crippen molar-refractivity contribution in [1.29, 1.82) is 0 Å². The Kier molecular flexibility index (Phi) is 5.68. The van der Waals surface area contributed by atoms with Gasteiger partial charge in [-0.3, -0.25) is 0 Å². The molecule has 0 rings (SSSR count). The standard InChI is InChI=1S/C7H10O/c1-3-4-5-6-7-8-2/h3H,1,4,7H2,2H3. The third-order valence-electron chi connectivity index (χ3n) is 0.588. The molecule has 0 radical (unpaired) electrons. The van der Waals surface area contributed by atoms with Crippen molar-refractivity contribution in [2.45, 2.75) is 6.42 Å². The lowest BCUT2D eigenvalue weighted by Crippen LogP contribution is -1.79. The molecule has 0 aliphatic carbocycles. The molecule has 0 amide bonds. The van der Waals surface area contributed by atoms with Crippen LogP contribution in [-0.2, 0) is 4.74 Å². The Bertz CT molecular complexity index is 105. The molecule has 0 heterocycles. The van der Waals surface area contributed by atoms with Crippen LogP contribution < -0.4 is 0 Å². The van der Waals surface area contributed by atoms with Crippen LogP contribution in [0.15, 0.2) is 12.7 Å². The highest BCUT2D eigenvalue weighted by molar-refractivity contribution is 5.02. The first-order chi connectivity index (χ1) is 3.91. The van der Waals surface area contributed by atoms with E-state index < -0.39 is 0 Å². The van der Waals surface area contributed by atoms with Gasteiger partial charge in [0.05, 0.1) is 0 Å². The third-order valence-corrected chi connectivity index (χ3v) is 0.588. The van der Waals surface area contributed by atoms with E-state index in [2.05, 4.69) is 23.2 Å². The van der Waals surface area contributed by atoms with Gasteiger partial charge in [0, 0.05) is 13.5 Å². The molecule has 0 N–H and O–H groups in total. The highest BCUT2D eigenvalue weighted by Gasteiger charge is 1.65. The van der Waals surface area contributed by atoms with E-state index in [1.165, 1.54) is 0 Å². The van der Waals surface area contributed by atoms with Crippen LogP contribution in [0.1, 0.15) is 6.42 Å². The molecule has 0 bridgehead atoms. The van der Waals surface area contributed by atoms with Gasteiger partial charge in [0.25, 0.3) is 0 Å². The number of allylic oxidation sites excluding steroid dienone is 1. The SMILES string of the molecule is C=CCC#CCOC. The summed E-state index contributed by atoms with van der Waals surface area (Å²) in [5, 5.41) is 0. The predicted molar refractivity (Wildman–Crippen MR) is 34.5 cm³/mol. The zero-order valence-corrected chi connectivity index (χ0v) is 5.11. The zero-order chi connectivity index (χ0) is 6.24. The van der Waals surface area contributed by atoms with Gasteiger partial charge >= 0.3 is 0 Å². The number of rotatable bonds is 2. The topological polar surface area (TPSA) is 9.23 Å². The van der Waals surface area contributed by atoms with Crippen LogP contribution in [0.2, 0.25) is 0 Å². The molecule has 0 spiro atoms. The van der Waals surface area contributed by atoms with Crippen molar-refractivity contribution >= 4 is 0 Å². The van der Waals surface area contributed by atoms with Crippen LogP contribution in [0.3, 0.4) is 0 Å². The smallest absolute Gasteiger partial charge is 0.107 e. The first-order valence-corrected chi connectivity index (χ1v) is 2.47. The van der Waals surface area contributed by atoms with E-state index in [0.29, 0.717) is 6.61 Å². The average molecular weight is 110 g/mol. The number of hydrogen-bond donors (Lipinski definition) is 0. The summed E-state index contributed by atoms with van der Waals surface area (Å²) in [6, 6.07) is 0. The van der Waals surface area contributed by atoms with Gasteiger partial charge in [0.15, 0.2) is 0 Å². The first kappa shape index (κ1) is 7.26. The monoisotopic (exact) mass is 110 g/mol. The van der Waals surface area contributed by atoms with Gasteiger partial charge in [0.2, 0.25) is 0 Å². The van der Waals surface area contributed by atoms with Gasteiger partial charge in [-0.15, -0.1) is 6.58 Å². The van der Waals surface area contributed by atoms with Gasteiger partial charge in [-0.2, -0.15) is 0 Å². The van der Waals surface area contributed by atoms with E-state index in [0.717, 1.165) is 6.42 Å². The molecule has 8 heavy (non-hydrogen) atoms. The largest absolute Gasteiger partial charge is 0.372 e. The minimum atomic E-state index is 0.522. The number of ether oxygens (including phenoxy) is 1. The Hall–Kier alpha value is -0.740. The number of methoxy groups -OCH3 is 1. The van der Waals surface area contributed by atoms with Gasteiger partial charge in [-0.1, -0.05) is 17.9 Å². The van der Waals surface area contributed by atoms with Crippen molar-refractivity contribution in [3.8, 4) is 11.8 Å². The van der Waals surface area contributed by atoms with E-state index in [1.54, 1.807) is 13.2 Å². The Morgan fingerprint density at radius 3 is 2.88 bits per heavy atom. The van der Waals surface area contributed by atoms with Crippen molar-refractivity contribution in [3.05, 3.63) is 12.7 Å². The lowest BCUT2D eigenvalue weighted by Gasteiger charge is -1.80. The fraction of sp³-hybridized carbons (Fsp3) is 0.429. The Balaban J connectivity index is 3.07. The Morgan fingerprint density at radius 1 is 1.62 bits per heavy atom. The molecule has 1 heteroatoms. The molecule has 0 aromatic rings. The maximum absolute atomic E-state index is 4.68. The molecule has 44 valence electrons. The molecule has 0 aliphatic heterocycles. The molecular formula is C7H10O. The van der Waals surface area contributed by atoms with Crippen molar-refractivity contribution in [2.24, 2.45) is 0 Å². The number of hydrogen-bond acceptors (Lipinski definition) is 1. The highest BCUT2D eigenvalue weighted by Crippen LogP contribution is 1.72. The van der Waals surface area contributed by atoms with Crippen molar-refractivity contribution in [3.63, 3.8) is 0 Å². The molecule has 0 aromatic heterocycles. The van der Waals surface area contributed by atoms with E-state index in [9.17, 15) is 0 Å². The lowest BCUT2D eigenvalue weighted by molar-refractivity contribution is 0.239. The van der Waals surface area contributed by atoms with Crippen LogP contribution in [-0.4, -0.2) is 13.7 Å². The molecule has 0 aliphatic rings. The van der Waals surface area contributed by atoms with Crippen molar-refractivity contribution in [1.82, 2.24) is 0 Å². The minimum absolute atomic E-state index is 0.522. The van der Waals surface area contributed by atoms with Crippen LogP contribution >= 0.6 is 0 Å². The summed E-state index contributed by atoms with van der Waals surface area (Å²) in [5.74, 6) is 5.64. The molecule has 0 atom stereocenters.